The van der Waals surface area contributed by atoms with Crippen LogP contribution in [0, 0.1) is 5.92 Å². The number of amides is 1. The van der Waals surface area contributed by atoms with E-state index in [0.717, 1.165) is 43.2 Å². The molecule has 0 aromatic heterocycles. The van der Waals surface area contributed by atoms with Crippen LogP contribution in [0.15, 0.2) is 46.9 Å². The molecule has 1 amide bonds. The Labute approximate surface area is 163 Å². The van der Waals surface area contributed by atoms with Gasteiger partial charge in [-0.15, -0.1) is 0 Å². The van der Waals surface area contributed by atoms with Gasteiger partial charge >= 0.3 is 0 Å². The highest BCUT2D eigenvalue weighted by Gasteiger charge is 2.27. The average Bonchev–Trinajstić information content (AvgIpc) is 2.66. The minimum absolute atomic E-state index is 0.111. The summed E-state index contributed by atoms with van der Waals surface area (Å²) in [6.07, 6.45) is 3.83. The lowest BCUT2D eigenvalue weighted by atomic mass is 9.83. The molecule has 1 aliphatic heterocycles. The van der Waals surface area contributed by atoms with Gasteiger partial charge in [-0.25, -0.2) is 0 Å². The third kappa shape index (κ3) is 3.72. The fourth-order valence-corrected chi connectivity index (χ4v) is 4.67. The molecule has 136 valence electrons. The molecule has 1 heterocycles. The molecule has 0 bridgehead atoms. The van der Waals surface area contributed by atoms with Gasteiger partial charge in [0.25, 0.3) is 0 Å². The van der Waals surface area contributed by atoms with E-state index in [1.807, 2.05) is 0 Å². The summed E-state index contributed by atoms with van der Waals surface area (Å²) in [5, 5.41) is 3.24. The number of rotatable bonds is 3. The van der Waals surface area contributed by atoms with Gasteiger partial charge in [-0.2, -0.15) is 0 Å². The number of halogens is 1. The molecule has 2 aliphatic rings. The Morgan fingerprint density at radius 1 is 1.12 bits per heavy atom. The van der Waals surface area contributed by atoms with E-state index in [4.69, 9.17) is 0 Å². The van der Waals surface area contributed by atoms with E-state index < -0.39 is 0 Å². The number of nitrogens with one attached hydrogen (secondary N) is 1. The highest BCUT2D eigenvalue weighted by Crippen LogP contribution is 2.27. The topological polar surface area (TPSA) is 32.3 Å². The van der Waals surface area contributed by atoms with Gasteiger partial charge in [-0.05, 0) is 67.1 Å². The van der Waals surface area contributed by atoms with Crippen LogP contribution in [0.4, 0.5) is 0 Å². The maximum Gasteiger partial charge on any atom is 0.223 e. The van der Waals surface area contributed by atoms with Crippen molar-refractivity contribution in [2.75, 3.05) is 13.6 Å². The Bertz CT molecular complexity index is 820. The van der Waals surface area contributed by atoms with Crippen molar-refractivity contribution in [1.29, 1.82) is 0 Å². The molecule has 0 saturated carbocycles. The molecule has 0 saturated heterocycles. The van der Waals surface area contributed by atoms with Gasteiger partial charge in [0.2, 0.25) is 5.91 Å². The monoisotopic (exact) mass is 412 g/mol. The van der Waals surface area contributed by atoms with Crippen molar-refractivity contribution < 1.29 is 4.79 Å². The molecule has 1 unspecified atom stereocenters. The van der Waals surface area contributed by atoms with Gasteiger partial charge in [0.05, 0.1) is 0 Å². The van der Waals surface area contributed by atoms with Gasteiger partial charge in [0.1, 0.15) is 0 Å². The standard InChI is InChI=1S/C22H25BrN2O/c1-25-14-18-8-9-20(23)11-19(18)12-21(25)13-24-22(26)17-7-6-15-4-2-3-5-16(15)10-17/h2-5,8-9,11,17,21H,6-7,10,12-14H2,1H3,(H,24,26)/t17?,21-/m1/s1. The molecular formula is C22H25BrN2O. The predicted octanol–water partition coefficient (Wildman–Crippen LogP) is 3.73. The molecule has 0 spiro atoms. The molecule has 1 aliphatic carbocycles. The normalized spacial score (nSPS) is 22.4. The Morgan fingerprint density at radius 3 is 2.77 bits per heavy atom. The van der Waals surface area contributed by atoms with Crippen LogP contribution in [0.1, 0.15) is 28.7 Å². The van der Waals surface area contributed by atoms with Crippen LogP contribution in [0.25, 0.3) is 0 Å². The average molecular weight is 413 g/mol. The summed E-state index contributed by atoms with van der Waals surface area (Å²) in [5.74, 6) is 0.327. The third-order valence-corrected chi connectivity index (χ3v) is 6.39. The van der Waals surface area contributed by atoms with E-state index in [9.17, 15) is 4.79 Å². The fraction of sp³-hybridized carbons (Fsp3) is 0.409. The third-order valence-electron chi connectivity index (χ3n) is 5.90. The van der Waals surface area contributed by atoms with Crippen molar-refractivity contribution >= 4 is 21.8 Å². The minimum Gasteiger partial charge on any atom is -0.354 e. The van der Waals surface area contributed by atoms with E-state index in [1.54, 1.807) is 0 Å². The van der Waals surface area contributed by atoms with E-state index in [1.165, 1.54) is 22.3 Å². The number of aryl methyl sites for hydroxylation is 1. The first kappa shape index (κ1) is 17.7. The number of hydrogen-bond donors (Lipinski definition) is 1. The molecule has 0 radical (unpaired) electrons. The number of benzene rings is 2. The van der Waals surface area contributed by atoms with E-state index in [-0.39, 0.29) is 11.8 Å². The summed E-state index contributed by atoms with van der Waals surface area (Å²) in [7, 11) is 2.15. The number of nitrogens with zero attached hydrogens (tertiary/aromatic N) is 1. The van der Waals surface area contributed by atoms with Crippen LogP contribution in [-0.2, 0) is 30.6 Å². The lowest BCUT2D eigenvalue weighted by molar-refractivity contribution is -0.125. The van der Waals surface area contributed by atoms with Crippen LogP contribution < -0.4 is 5.32 Å². The zero-order valence-electron chi connectivity index (χ0n) is 15.2. The molecule has 4 heteroatoms. The van der Waals surface area contributed by atoms with Crippen LogP contribution in [0.2, 0.25) is 0 Å². The van der Waals surface area contributed by atoms with E-state index >= 15 is 0 Å². The van der Waals surface area contributed by atoms with E-state index in [0.29, 0.717) is 6.04 Å². The van der Waals surface area contributed by atoms with Crippen LogP contribution >= 0.6 is 15.9 Å². The van der Waals surface area contributed by atoms with Crippen molar-refractivity contribution in [3.63, 3.8) is 0 Å². The Balaban J connectivity index is 1.36. The summed E-state index contributed by atoms with van der Waals surface area (Å²) in [4.78, 5) is 15.1. The molecule has 2 atom stereocenters. The summed E-state index contributed by atoms with van der Waals surface area (Å²) >= 11 is 3.57. The van der Waals surface area contributed by atoms with E-state index in [2.05, 4.69) is 75.7 Å². The number of hydrogen-bond acceptors (Lipinski definition) is 2. The lowest BCUT2D eigenvalue weighted by Gasteiger charge is -2.35. The second-order valence-electron chi connectivity index (χ2n) is 7.64. The largest absolute Gasteiger partial charge is 0.354 e. The molecule has 26 heavy (non-hydrogen) atoms. The second kappa shape index (κ2) is 7.53. The van der Waals surface area contributed by atoms with Crippen molar-refractivity contribution in [2.24, 2.45) is 5.92 Å². The maximum absolute atomic E-state index is 12.7. The Morgan fingerprint density at radius 2 is 1.92 bits per heavy atom. The van der Waals surface area contributed by atoms with Gasteiger partial charge in [-0.1, -0.05) is 46.3 Å². The Kier molecular flexibility index (Phi) is 5.14. The molecule has 0 fully saturated rings. The summed E-state index contributed by atoms with van der Waals surface area (Å²) < 4.78 is 1.13. The molecule has 3 nitrogen and oxygen atoms in total. The minimum atomic E-state index is 0.111. The number of likely N-dealkylation sites (N-methyl/N-ethyl adjacent to an activating group) is 1. The van der Waals surface area contributed by atoms with Crippen LogP contribution in [-0.4, -0.2) is 30.4 Å². The first-order chi connectivity index (χ1) is 12.6. The van der Waals surface area contributed by atoms with Crippen molar-refractivity contribution in [2.45, 2.75) is 38.3 Å². The SMILES string of the molecule is CN1Cc2ccc(Br)cc2C[C@@H]1CNC(=O)C1CCc2ccccc2C1. The predicted molar refractivity (Wildman–Crippen MR) is 108 cm³/mol. The van der Waals surface area contributed by atoms with Crippen molar-refractivity contribution in [1.82, 2.24) is 10.2 Å². The highest BCUT2D eigenvalue weighted by atomic mass is 79.9. The van der Waals surface area contributed by atoms with Crippen molar-refractivity contribution in [3.8, 4) is 0 Å². The summed E-state index contributed by atoms with van der Waals surface area (Å²) in [5.41, 5.74) is 5.53. The Hall–Kier alpha value is -1.65. The molecule has 2 aromatic rings. The van der Waals surface area contributed by atoms with Gasteiger partial charge in [0.15, 0.2) is 0 Å². The second-order valence-corrected chi connectivity index (χ2v) is 8.56. The molecule has 1 N–H and O–H groups in total. The quantitative estimate of drug-likeness (QED) is 0.832. The molecular weight excluding hydrogens is 388 g/mol. The van der Waals surface area contributed by atoms with Crippen LogP contribution in [0.3, 0.4) is 0 Å². The first-order valence-electron chi connectivity index (χ1n) is 9.42. The lowest BCUT2D eigenvalue weighted by Crippen LogP contribution is -2.47. The number of carbonyl (C=O) groups is 1. The van der Waals surface area contributed by atoms with Gasteiger partial charge in [0, 0.05) is 29.5 Å². The zero-order chi connectivity index (χ0) is 18.1. The highest BCUT2D eigenvalue weighted by molar-refractivity contribution is 9.10. The summed E-state index contributed by atoms with van der Waals surface area (Å²) in [6, 6.07) is 15.4. The number of carbonyl (C=O) groups excluding carboxylic acids is 1. The van der Waals surface area contributed by atoms with Crippen LogP contribution in [0.5, 0.6) is 0 Å². The fourth-order valence-electron chi connectivity index (χ4n) is 4.26. The van der Waals surface area contributed by atoms with Gasteiger partial charge in [-0.3, -0.25) is 9.69 Å². The molecule has 4 rings (SSSR count). The zero-order valence-corrected chi connectivity index (χ0v) is 16.8. The summed E-state index contributed by atoms with van der Waals surface area (Å²) in [6.45, 7) is 1.67. The first-order valence-corrected chi connectivity index (χ1v) is 10.2. The van der Waals surface area contributed by atoms with Gasteiger partial charge < -0.3 is 5.32 Å². The number of fused-ring (bicyclic) bond motifs is 2. The molecule has 2 aromatic carbocycles. The van der Waals surface area contributed by atoms with Crippen molar-refractivity contribution in [3.05, 3.63) is 69.2 Å². The smallest absolute Gasteiger partial charge is 0.223 e. The maximum atomic E-state index is 12.7.